The molecule has 2 heterocycles. The second-order valence-electron chi connectivity index (χ2n) is 2.77. The van der Waals surface area contributed by atoms with Gasteiger partial charge in [-0.25, -0.2) is 4.98 Å². The van der Waals surface area contributed by atoms with Crippen molar-refractivity contribution in [3.05, 3.63) is 40.6 Å². The molecule has 68 valence electrons. The van der Waals surface area contributed by atoms with Gasteiger partial charge in [-0.2, -0.15) is 0 Å². The lowest BCUT2D eigenvalue weighted by atomic mass is 10.2. The minimum atomic E-state index is -0.520. The van der Waals surface area contributed by atoms with Crippen molar-refractivity contribution in [2.24, 2.45) is 0 Å². The summed E-state index contributed by atoms with van der Waals surface area (Å²) in [6, 6.07) is 3.99. The molecule has 0 spiro atoms. The van der Waals surface area contributed by atoms with E-state index in [1.807, 2.05) is 17.5 Å². The number of imidazole rings is 1. The highest BCUT2D eigenvalue weighted by Gasteiger charge is 2.10. The van der Waals surface area contributed by atoms with Crippen LogP contribution in [0.25, 0.3) is 0 Å². The van der Waals surface area contributed by atoms with Crippen molar-refractivity contribution in [1.82, 2.24) is 9.97 Å². The fourth-order valence-electron chi connectivity index (χ4n) is 1.18. The van der Waals surface area contributed by atoms with Crippen molar-refractivity contribution in [3.8, 4) is 0 Å². The molecule has 0 bridgehead atoms. The van der Waals surface area contributed by atoms with Gasteiger partial charge in [-0.15, -0.1) is 11.3 Å². The van der Waals surface area contributed by atoms with E-state index in [1.54, 1.807) is 23.7 Å². The van der Waals surface area contributed by atoms with Gasteiger partial charge in [-0.1, -0.05) is 6.07 Å². The van der Waals surface area contributed by atoms with Crippen LogP contribution >= 0.6 is 11.3 Å². The first-order valence-corrected chi connectivity index (χ1v) is 4.94. The average molecular weight is 194 g/mol. The number of nitrogens with one attached hydrogen (secondary N) is 1. The number of rotatable bonds is 3. The monoisotopic (exact) mass is 194 g/mol. The summed E-state index contributed by atoms with van der Waals surface area (Å²) in [5, 5.41) is 11.7. The van der Waals surface area contributed by atoms with Gasteiger partial charge < -0.3 is 10.1 Å². The minimum Gasteiger partial charge on any atom is -0.385 e. The lowest BCUT2D eigenvalue weighted by molar-refractivity contribution is 0.170. The number of aliphatic hydroxyl groups is 1. The highest BCUT2D eigenvalue weighted by molar-refractivity contribution is 7.09. The Morgan fingerprint density at radius 3 is 3.15 bits per heavy atom. The van der Waals surface area contributed by atoms with Gasteiger partial charge in [0.2, 0.25) is 0 Å². The third-order valence-electron chi connectivity index (χ3n) is 1.81. The van der Waals surface area contributed by atoms with Crippen molar-refractivity contribution in [2.45, 2.75) is 12.5 Å². The number of H-pyrrole nitrogens is 1. The SMILES string of the molecule is OC(Cc1cccs1)c1ncc[nH]1. The molecule has 0 saturated heterocycles. The molecular weight excluding hydrogens is 184 g/mol. The molecule has 4 heteroatoms. The van der Waals surface area contributed by atoms with Crippen LogP contribution in [0.3, 0.4) is 0 Å². The van der Waals surface area contributed by atoms with Crippen LogP contribution in [0.2, 0.25) is 0 Å². The summed E-state index contributed by atoms with van der Waals surface area (Å²) in [5.41, 5.74) is 0. The largest absolute Gasteiger partial charge is 0.385 e. The topological polar surface area (TPSA) is 48.9 Å². The number of hydrogen-bond acceptors (Lipinski definition) is 3. The van der Waals surface area contributed by atoms with E-state index in [9.17, 15) is 5.11 Å². The van der Waals surface area contributed by atoms with Crippen LogP contribution in [0.15, 0.2) is 29.9 Å². The summed E-state index contributed by atoms with van der Waals surface area (Å²) in [4.78, 5) is 8.06. The van der Waals surface area contributed by atoms with Crippen LogP contribution in [-0.2, 0) is 6.42 Å². The second kappa shape index (κ2) is 3.72. The van der Waals surface area contributed by atoms with Gasteiger partial charge in [0.25, 0.3) is 0 Å². The molecule has 0 aliphatic rings. The Hall–Kier alpha value is -1.13. The Balaban J connectivity index is 2.04. The van der Waals surface area contributed by atoms with E-state index in [4.69, 9.17) is 0 Å². The predicted octanol–water partition coefficient (Wildman–Crippen LogP) is 1.75. The van der Waals surface area contributed by atoms with Crippen molar-refractivity contribution < 1.29 is 5.11 Å². The summed E-state index contributed by atoms with van der Waals surface area (Å²) < 4.78 is 0. The molecule has 0 fully saturated rings. The Kier molecular flexibility index (Phi) is 2.42. The summed E-state index contributed by atoms with van der Waals surface area (Å²) in [6.45, 7) is 0. The molecule has 2 aromatic heterocycles. The number of aromatic nitrogens is 2. The van der Waals surface area contributed by atoms with Crippen LogP contribution < -0.4 is 0 Å². The van der Waals surface area contributed by atoms with E-state index in [1.165, 1.54) is 4.88 Å². The van der Waals surface area contributed by atoms with Crippen LogP contribution in [0.5, 0.6) is 0 Å². The Labute approximate surface area is 80.1 Å². The molecule has 0 aliphatic carbocycles. The fourth-order valence-corrected chi connectivity index (χ4v) is 1.92. The highest BCUT2D eigenvalue weighted by Crippen LogP contribution is 2.18. The number of aromatic amines is 1. The number of nitrogens with zero attached hydrogens (tertiary/aromatic N) is 1. The highest BCUT2D eigenvalue weighted by atomic mass is 32.1. The zero-order valence-electron chi connectivity index (χ0n) is 6.97. The first-order chi connectivity index (χ1) is 6.36. The minimum absolute atomic E-state index is 0.520. The maximum atomic E-state index is 9.69. The third kappa shape index (κ3) is 1.96. The van der Waals surface area contributed by atoms with Gasteiger partial charge in [-0.3, -0.25) is 0 Å². The van der Waals surface area contributed by atoms with Crippen LogP contribution in [-0.4, -0.2) is 15.1 Å². The molecule has 2 N–H and O–H groups in total. The molecule has 2 rings (SSSR count). The first kappa shape index (κ1) is 8.47. The van der Waals surface area contributed by atoms with Crippen molar-refractivity contribution in [3.63, 3.8) is 0 Å². The summed E-state index contributed by atoms with van der Waals surface area (Å²) in [5.74, 6) is 0.633. The summed E-state index contributed by atoms with van der Waals surface area (Å²) in [7, 11) is 0. The van der Waals surface area contributed by atoms with Gasteiger partial charge in [0.15, 0.2) is 0 Å². The van der Waals surface area contributed by atoms with Crippen LogP contribution in [0.1, 0.15) is 16.8 Å². The van der Waals surface area contributed by atoms with Crippen LogP contribution in [0.4, 0.5) is 0 Å². The Morgan fingerprint density at radius 2 is 2.54 bits per heavy atom. The molecule has 1 unspecified atom stereocenters. The van der Waals surface area contributed by atoms with E-state index in [0.29, 0.717) is 12.2 Å². The zero-order chi connectivity index (χ0) is 9.10. The number of thiophene rings is 1. The zero-order valence-corrected chi connectivity index (χ0v) is 7.79. The quantitative estimate of drug-likeness (QED) is 0.782. The normalized spacial score (nSPS) is 13.0. The Bertz CT molecular complexity index is 342. The molecule has 2 aromatic rings. The van der Waals surface area contributed by atoms with Gasteiger partial charge in [-0.05, 0) is 11.4 Å². The molecule has 13 heavy (non-hydrogen) atoms. The molecule has 0 aliphatic heterocycles. The first-order valence-electron chi connectivity index (χ1n) is 4.06. The lowest BCUT2D eigenvalue weighted by Gasteiger charge is -2.04. The van der Waals surface area contributed by atoms with Crippen molar-refractivity contribution in [1.29, 1.82) is 0 Å². The number of hydrogen-bond donors (Lipinski definition) is 2. The number of aliphatic hydroxyl groups excluding tert-OH is 1. The maximum absolute atomic E-state index is 9.69. The molecular formula is C9H10N2OS. The maximum Gasteiger partial charge on any atom is 0.135 e. The predicted molar refractivity (Wildman–Crippen MR) is 51.6 cm³/mol. The smallest absolute Gasteiger partial charge is 0.135 e. The molecule has 0 aromatic carbocycles. The Morgan fingerprint density at radius 1 is 1.62 bits per heavy atom. The second-order valence-corrected chi connectivity index (χ2v) is 3.81. The van der Waals surface area contributed by atoms with E-state index in [0.717, 1.165) is 0 Å². The molecule has 1 atom stereocenters. The van der Waals surface area contributed by atoms with Crippen molar-refractivity contribution >= 4 is 11.3 Å². The van der Waals surface area contributed by atoms with E-state index >= 15 is 0 Å². The standard InChI is InChI=1S/C9H10N2OS/c12-8(9-10-3-4-11-9)6-7-2-1-5-13-7/h1-5,8,12H,6H2,(H,10,11). The fraction of sp³-hybridized carbons (Fsp3) is 0.222. The van der Waals surface area contributed by atoms with Gasteiger partial charge in [0.1, 0.15) is 11.9 Å². The summed E-state index contributed by atoms with van der Waals surface area (Å²) in [6.07, 6.45) is 3.47. The van der Waals surface area contributed by atoms with Gasteiger partial charge >= 0.3 is 0 Å². The average Bonchev–Trinajstić information content (AvgIpc) is 2.74. The molecule has 0 saturated carbocycles. The van der Waals surface area contributed by atoms with E-state index in [2.05, 4.69) is 9.97 Å². The lowest BCUT2D eigenvalue weighted by Crippen LogP contribution is -2.02. The van der Waals surface area contributed by atoms with E-state index < -0.39 is 6.10 Å². The summed E-state index contributed by atoms with van der Waals surface area (Å²) >= 11 is 1.65. The van der Waals surface area contributed by atoms with Gasteiger partial charge in [0, 0.05) is 23.7 Å². The third-order valence-corrected chi connectivity index (χ3v) is 2.71. The molecule has 3 nitrogen and oxygen atoms in total. The van der Waals surface area contributed by atoms with E-state index in [-0.39, 0.29) is 0 Å². The molecule has 0 radical (unpaired) electrons. The van der Waals surface area contributed by atoms with Crippen LogP contribution in [0, 0.1) is 0 Å². The molecule has 0 amide bonds. The van der Waals surface area contributed by atoms with Crippen molar-refractivity contribution in [2.75, 3.05) is 0 Å². The van der Waals surface area contributed by atoms with Gasteiger partial charge in [0.05, 0.1) is 0 Å².